The molecule has 3 rings (SSSR count). The highest BCUT2D eigenvalue weighted by Gasteiger charge is 2.19. The Hall–Kier alpha value is -3.22. The minimum absolute atomic E-state index is 0.262. The van der Waals surface area contributed by atoms with E-state index in [4.69, 9.17) is 11.5 Å². The molecule has 3 aromatic rings. The summed E-state index contributed by atoms with van der Waals surface area (Å²) in [4.78, 5) is 20.3. The van der Waals surface area contributed by atoms with Gasteiger partial charge in [-0.25, -0.2) is 4.68 Å². The van der Waals surface area contributed by atoms with Crippen LogP contribution in [0.25, 0.3) is 16.6 Å². The van der Waals surface area contributed by atoms with E-state index in [0.29, 0.717) is 12.0 Å². The number of aromatic nitrogens is 3. The Bertz CT molecular complexity index is 918. The van der Waals surface area contributed by atoms with E-state index in [1.165, 1.54) is 6.20 Å². The predicted octanol–water partition coefficient (Wildman–Crippen LogP) is 1.79. The lowest BCUT2D eigenvalue weighted by atomic mass is 10.1. The lowest BCUT2D eigenvalue weighted by Crippen LogP contribution is -2.24. The Morgan fingerprint density at radius 1 is 1.25 bits per heavy atom. The Morgan fingerprint density at radius 3 is 2.79 bits per heavy atom. The third kappa shape index (κ3) is 2.83. The van der Waals surface area contributed by atoms with Crippen LogP contribution in [0.3, 0.4) is 0 Å². The van der Waals surface area contributed by atoms with Crippen molar-refractivity contribution in [3.63, 3.8) is 0 Å². The number of fused-ring (bicyclic) bond motifs is 1. The van der Waals surface area contributed by atoms with Gasteiger partial charge in [0.1, 0.15) is 0 Å². The van der Waals surface area contributed by atoms with E-state index < -0.39 is 5.91 Å². The summed E-state index contributed by atoms with van der Waals surface area (Å²) in [6.07, 6.45) is 4.76. The number of aliphatic imine (C=N–C) groups is 1. The lowest BCUT2D eigenvalue weighted by Gasteiger charge is -2.10. The SMILES string of the molecule is CCCc1c(C(=O)N=C(N)N)cnn1-c1cccc2cccnc12. The van der Waals surface area contributed by atoms with Gasteiger partial charge in [-0.2, -0.15) is 10.1 Å². The average molecular weight is 322 g/mol. The fraction of sp³-hybridized carbons (Fsp3) is 0.176. The molecule has 7 nitrogen and oxygen atoms in total. The van der Waals surface area contributed by atoms with Gasteiger partial charge in [0.15, 0.2) is 5.96 Å². The molecule has 0 fully saturated rings. The van der Waals surface area contributed by atoms with Crippen LogP contribution in [0, 0.1) is 0 Å². The minimum atomic E-state index is -0.488. The molecule has 0 bridgehead atoms. The largest absolute Gasteiger partial charge is 0.370 e. The first-order chi connectivity index (χ1) is 11.6. The molecule has 2 aromatic heterocycles. The second kappa shape index (κ2) is 6.49. The normalized spacial score (nSPS) is 10.7. The third-order valence-electron chi connectivity index (χ3n) is 3.66. The summed E-state index contributed by atoms with van der Waals surface area (Å²) in [7, 11) is 0. The first-order valence-corrected chi connectivity index (χ1v) is 7.66. The van der Waals surface area contributed by atoms with E-state index in [0.717, 1.165) is 28.7 Å². The molecular formula is C17H18N6O. The maximum absolute atomic E-state index is 12.2. The first kappa shape index (κ1) is 15.7. The number of hydrogen-bond donors (Lipinski definition) is 2. The maximum Gasteiger partial charge on any atom is 0.283 e. The van der Waals surface area contributed by atoms with Crippen molar-refractivity contribution in [2.75, 3.05) is 0 Å². The second-order valence-electron chi connectivity index (χ2n) is 5.36. The second-order valence-corrected chi connectivity index (χ2v) is 5.36. The van der Waals surface area contributed by atoms with Crippen LogP contribution in [0.2, 0.25) is 0 Å². The fourth-order valence-electron chi connectivity index (χ4n) is 2.67. The number of rotatable bonds is 4. The molecule has 7 heteroatoms. The molecule has 0 radical (unpaired) electrons. The van der Waals surface area contributed by atoms with Crippen LogP contribution in [0.15, 0.2) is 47.7 Å². The molecule has 2 heterocycles. The van der Waals surface area contributed by atoms with Crippen LogP contribution < -0.4 is 11.5 Å². The molecule has 0 aliphatic rings. The van der Waals surface area contributed by atoms with Crippen LogP contribution in [0.1, 0.15) is 29.4 Å². The van der Waals surface area contributed by atoms with Crippen molar-refractivity contribution in [3.05, 3.63) is 54.0 Å². The van der Waals surface area contributed by atoms with Crippen LogP contribution in [-0.2, 0) is 6.42 Å². The average Bonchev–Trinajstić information content (AvgIpc) is 2.98. The highest BCUT2D eigenvalue weighted by molar-refractivity contribution is 6.02. The molecule has 1 aromatic carbocycles. The summed E-state index contributed by atoms with van der Waals surface area (Å²) in [6, 6.07) is 9.72. The summed E-state index contributed by atoms with van der Waals surface area (Å²) >= 11 is 0. The van der Waals surface area contributed by atoms with Crippen molar-refractivity contribution in [2.24, 2.45) is 16.5 Å². The molecule has 0 saturated carbocycles. The van der Waals surface area contributed by atoms with Gasteiger partial charge in [0.2, 0.25) is 0 Å². The molecule has 122 valence electrons. The number of benzene rings is 1. The molecule has 24 heavy (non-hydrogen) atoms. The Balaban J connectivity index is 2.19. The Kier molecular flexibility index (Phi) is 4.24. The number of hydrogen-bond acceptors (Lipinski definition) is 3. The van der Waals surface area contributed by atoms with Gasteiger partial charge in [-0.1, -0.05) is 31.5 Å². The van der Waals surface area contributed by atoms with Gasteiger partial charge >= 0.3 is 0 Å². The van der Waals surface area contributed by atoms with Gasteiger partial charge in [0, 0.05) is 11.6 Å². The summed E-state index contributed by atoms with van der Waals surface area (Å²) < 4.78 is 1.74. The fourth-order valence-corrected chi connectivity index (χ4v) is 2.67. The van der Waals surface area contributed by atoms with Crippen LogP contribution in [0.4, 0.5) is 0 Å². The summed E-state index contributed by atoms with van der Waals surface area (Å²) in [5.74, 6) is -0.750. The summed E-state index contributed by atoms with van der Waals surface area (Å²) in [5.41, 5.74) is 13.4. The molecular weight excluding hydrogens is 304 g/mol. The van der Waals surface area contributed by atoms with Crippen LogP contribution in [0.5, 0.6) is 0 Å². The molecule has 0 aliphatic heterocycles. The number of para-hydroxylation sites is 1. The van der Waals surface area contributed by atoms with Gasteiger partial charge in [-0.05, 0) is 18.6 Å². The summed E-state index contributed by atoms with van der Waals surface area (Å²) in [6.45, 7) is 2.04. The lowest BCUT2D eigenvalue weighted by molar-refractivity contribution is 0.100. The molecule has 0 atom stereocenters. The predicted molar refractivity (Wildman–Crippen MR) is 93.0 cm³/mol. The van der Waals surface area contributed by atoms with Crippen LogP contribution >= 0.6 is 0 Å². The Labute approximate surface area is 139 Å². The smallest absolute Gasteiger partial charge is 0.283 e. The first-order valence-electron chi connectivity index (χ1n) is 7.66. The number of amides is 1. The molecule has 4 N–H and O–H groups in total. The quantitative estimate of drug-likeness (QED) is 0.561. The van der Waals surface area contributed by atoms with E-state index in [1.807, 2.05) is 37.3 Å². The van der Waals surface area contributed by atoms with Gasteiger partial charge < -0.3 is 11.5 Å². The van der Waals surface area contributed by atoms with E-state index in [1.54, 1.807) is 10.9 Å². The van der Waals surface area contributed by atoms with Crippen molar-refractivity contribution in [1.29, 1.82) is 0 Å². The highest BCUT2D eigenvalue weighted by atomic mass is 16.1. The van der Waals surface area contributed by atoms with Crippen molar-refractivity contribution in [2.45, 2.75) is 19.8 Å². The van der Waals surface area contributed by atoms with Gasteiger partial charge in [0.05, 0.1) is 28.7 Å². The van der Waals surface area contributed by atoms with E-state index in [9.17, 15) is 4.79 Å². The zero-order valence-corrected chi connectivity index (χ0v) is 13.3. The molecule has 1 amide bonds. The van der Waals surface area contributed by atoms with Gasteiger partial charge in [-0.3, -0.25) is 9.78 Å². The number of carbonyl (C=O) groups is 1. The molecule has 0 aliphatic carbocycles. The third-order valence-corrected chi connectivity index (χ3v) is 3.66. The van der Waals surface area contributed by atoms with E-state index in [2.05, 4.69) is 15.1 Å². The maximum atomic E-state index is 12.2. The Morgan fingerprint density at radius 2 is 2.04 bits per heavy atom. The van der Waals surface area contributed by atoms with E-state index in [-0.39, 0.29) is 5.96 Å². The standard InChI is InChI=1S/C17H18N6O/c1-2-5-13-12(16(24)22-17(18)19)10-21-23(13)14-8-3-6-11-7-4-9-20-15(11)14/h3-4,6-10H,2,5H2,1H3,(H4,18,19,22,24). The topological polar surface area (TPSA) is 112 Å². The number of guanidine groups is 1. The molecule has 0 spiro atoms. The minimum Gasteiger partial charge on any atom is -0.370 e. The molecule has 0 unspecified atom stereocenters. The van der Waals surface area contributed by atoms with Crippen LogP contribution in [-0.4, -0.2) is 26.6 Å². The van der Waals surface area contributed by atoms with Crippen molar-refractivity contribution in [1.82, 2.24) is 14.8 Å². The number of nitrogens with two attached hydrogens (primary N) is 2. The van der Waals surface area contributed by atoms with Crippen molar-refractivity contribution >= 4 is 22.8 Å². The van der Waals surface area contributed by atoms with Gasteiger partial charge in [-0.15, -0.1) is 0 Å². The zero-order chi connectivity index (χ0) is 17.1. The van der Waals surface area contributed by atoms with Crippen molar-refractivity contribution < 1.29 is 4.79 Å². The highest BCUT2D eigenvalue weighted by Crippen LogP contribution is 2.23. The van der Waals surface area contributed by atoms with E-state index >= 15 is 0 Å². The van der Waals surface area contributed by atoms with Gasteiger partial charge in [0.25, 0.3) is 5.91 Å². The summed E-state index contributed by atoms with van der Waals surface area (Å²) in [5, 5.41) is 5.39. The molecule has 0 saturated heterocycles. The number of pyridine rings is 1. The monoisotopic (exact) mass is 322 g/mol. The number of nitrogens with zero attached hydrogens (tertiary/aromatic N) is 4. The zero-order valence-electron chi connectivity index (χ0n) is 13.3. The van der Waals surface area contributed by atoms with Crippen molar-refractivity contribution in [3.8, 4) is 5.69 Å². The number of carbonyl (C=O) groups excluding carboxylic acids is 1.